The molecule has 0 aromatic heterocycles. The second-order valence-corrected chi connectivity index (χ2v) is 9.25. The van der Waals surface area contributed by atoms with E-state index in [1.54, 1.807) is 7.11 Å². The second kappa shape index (κ2) is 9.88. The van der Waals surface area contributed by atoms with Crippen molar-refractivity contribution in [2.75, 3.05) is 18.2 Å². The van der Waals surface area contributed by atoms with Crippen LogP contribution in [-0.2, 0) is 4.79 Å². The number of hydrogen-bond donors (Lipinski definition) is 1. The molecule has 1 fully saturated rings. The number of halogens is 1. The SMILES string of the molecule is COc1ccc(NC(=O)CSC2=NC3(CCCCCC3)N=C2c2ccc(Cl)cc2)cc1. The van der Waals surface area contributed by atoms with Crippen molar-refractivity contribution in [3.63, 3.8) is 0 Å². The van der Waals surface area contributed by atoms with Crippen LogP contribution in [0.2, 0.25) is 5.02 Å². The summed E-state index contributed by atoms with van der Waals surface area (Å²) in [5.41, 5.74) is 2.24. The number of rotatable bonds is 5. The number of thioether (sulfide) groups is 1. The summed E-state index contributed by atoms with van der Waals surface area (Å²) >= 11 is 7.53. The fraction of sp³-hybridized carbons (Fsp3) is 0.375. The Morgan fingerprint density at radius 3 is 2.35 bits per heavy atom. The minimum atomic E-state index is -0.375. The van der Waals surface area contributed by atoms with Crippen molar-refractivity contribution in [3.8, 4) is 5.75 Å². The number of ether oxygens (including phenoxy) is 1. The van der Waals surface area contributed by atoms with Gasteiger partial charge >= 0.3 is 0 Å². The smallest absolute Gasteiger partial charge is 0.234 e. The van der Waals surface area contributed by atoms with E-state index < -0.39 is 0 Å². The first-order valence-corrected chi connectivity index (χ1v) is 12.0. The Morgan fingerprint density at radius 1 is 1.03 bits per heavy atom. The molecule has 0 bridgehead atoms. The number of methoxy groups -OCH3 is 1. The van der Waals surface area contributed by atoms with E-state index in [1.807, 2.05) is 48.5 Å². The van der Waals surface area contributed by atoms with Crippen molar-refractivity contribution >= 4 is 45.7 Å². The first-order chi connectivity index (χ1) is 15.1. The molecule has 2 aliphatic rings. The van der Waals surface area contributed by atoms with Gasteiger partial charge in [-0.15, -0.1) is 0 Å². The van der Waals surface area contributed by atoms with E-state index in [4.69, 9.17) is 26.3 Å². The van der Waals surface area contributed by atoms with Crippen molar-refractivity contribution in [1.82, 2.24) is 0 Å². The Kier molecular flexibility index (Phi) is 6.98. The predicted molar refractivity (Wildman–Crippen MR) is 130 cm³/mol. The molecule has 0 radical (unpaired) electrons. The van der Waals surface area contributed by atoms with Crippen LogP contribution in [0.15, 0.2) is 58.5 Å². The van der Waals surface area contributed by atoms with Crippen molar-refractivity contribution in [2.45, 2.75) is 44.2 Å². The summed E-state index contributed by atoms with van der Waals surface area (Å²) in [7, 11) is 1.62. The lowest BCUT2D eigenvalue weighted by Gasteiger charge is -2.20. The Bertz CT molecular complexity index is 979. The largest absolute Gasteiger partial charge is 0.497 e. The fourth-order valence-electron chi connectivity index (χ4n) is 3.94. The average Bonchev–Trinajstić information content (AvgIpc) is 2.98. The number of carbonyl (C=O) groups excluding carboxylic acids is 1. The lowest BCUT2D eigenvalue weighted by atomic mass is 10.0. The van der Waals surface area contributed by atoms with E-state index in [9.17, 15) is 4.79 Å². The van der Waals surface area contributed by atoms with Crippen LogP contribution in [-0.4, -0.2) is 35.2 Å². The van der Waals surface area contributed by atoms with Gasteiger partial charge in [0, 0.05) is 16.3 Å². The van der Waals surface area contributed by atoms with Crippen LogP contribution in [0.5, 0.6) is 5.75 Å². The van der Waals surface area contributed by atoms with Gasteiger partial charge in [-0.25, -0.2) is 4.99 Å². The summed E-state index contributed by atoms with van der Waals surface area (Å²) in [6, 6.07) is 15.0. The summed E-state index contributed by atoms with van der Waals surface area (Å²) in [5, 5.41) is 4.47. The minimum Gasteiger partial charge on any atom is -0.497 e. The Hall–Kier alpha value is -2.31. The molecule has 0 atom stereocenters. The summed E-state index contributed by atoms with van der Waals surface area (Å²) in [6.07, 6.45) is 6.66. The Balaban J connectivity index is 1.49. The lowest BCUT2D eigenvalue weighted by Crippen LogP contribution is -2.20. The van der Waals surface area contributed by atoms with E-state index in [1.165, 1.54) is 24.6 Å². The lowest BCUT2D eigenvalue weighted by molar-refractivity contribution is -0.113. The average molecular weight is 456 g/mol. The highest BCUT2D eigenvalue weighted by Gasteiger charge is 2.37. The third-order valence-corrected chi connectivity index (χ3v) is 6.78. The van der Waals surface area contributed by atoms with E-state index in [-0.39, 0.29) is 17.3 Å². The predicted octanol–water partition coefficient (Wildman–Crippen LogP) is 5.97. The minimum absolute atomic E-state index is 0.0739. The summed E-state index contributed by atoms with van der Waals surface area (Å²) in [4.78, 5) is 22.7. The number of hydrogen-bond acceptors (Lipinski definition) is 5. The van der Waals surface area contributed by atoms with Gasteiger partial charge in [0.25, 0.3) is 0 Å². The first kappa shape index (κ1) is 21.9. The molecule has 1 amide bonds. The topological polar surface area (TPSA) is 63.0 Å². The molecule has 5 nitrogen and oxygen atoms in total. The van der Waals surface area contributed by atoms with Crippen LogP contribution in [0.3, 0.4) is 0 Å². The molecule has 1 saturated carbocycles. The number of anilines is 1. The zero-order valence-electron chi connectivity index (χ0n) is 17.6. The van der Waals surface area contributed by atoms with E-state index >= 15 is 0 Å². The zero-order valence-corrected chi connectivity index (χ0v) is 19.1. The number of amides is 1. The molecular weight excluding hydrogens is 430 g/mol. The standard InChI is InChI=1S/C24H26ClN3O2S/c1-30-20-12-10-19(11-13-20)26-21(29)16-31-23-22(17-6-8-18(25)9-7-17)27-24(28-23)14-4-2-3-5-15-24/h6-13H,2-5,14-16H2,1H3,(H,26,29). The number of nitrogens with one attached hydrogen (secondary N) is 1. The Morgan fingerprint density at radius 2 is 1.71 bits per heavy atom. The summed E-state index contributed by atoms with van der Waals surface area (Å²) in [5.74, 6) is 0.952. The molecule has 1 aliphatic carbocycles. The summed E-state index contributed by atoms with van der Waals surface area (Å²) in [6.45, 7) is 0. The van der Waals surface area contributed by atoms with Crippen molar-refractivity contribution in [1.29, 1.82) is 0 Å². The molecule has 1 spiro atoms. The zero-order chi connectivity index (χ0) is 21.7. The van der Waals surface area contributed by atoms with E-state index in [0.717, 1.165) is 53.4 Å². The number of carbonyl (C=O) groups is 1. The number of nitrogens with zero attached hydrogens (tertiary/aromatic N) is 2. The van der Waals surface area contributed by atoms with Crippen LogP contribution in [0, 0.1) is 0 Å². The molecule has 7 heteroatoms. The molecule has 0 saturated heterocycles. The fourth-order valence-corrected chi connectivity index (χ4v) is 4.94. The molecule has 1 aliphatic heterocycles. The molecule has 2 aromatic carbocycles. The van der Waals surface area contributed by atoms with Gasteiger partial charge in [0.05, 0.1) is 18.6 Å². The molecule has 4 rings (SSSR count). The molecule has 1 heterocycles. The monoisotopic (exact) mass is 455 g/mol. The van der Waals surface area contributed by atoms with Gasteiger partial charge in [0.1, 0.15) is 10.8 Å². The molecule has 1 N–H and O–H groups in total. The van der Waals surface area contributed by atoms with Gasteiger partial charge in [-0.3, -0.25) is 9.79 Å². The molecule has 2 aromatic rings. The van der Waals surface area contributed by atoms with Gasteiger partial charge in [-0.1, -0.05) is 48.3 Å². The molecule has 0 unspecified atom stereocenters. The number of aliphatic imine (C=N–C) groups is 2. The van der Waals surface area contributed by atoms with Crippen molar-refractivity contribution < 1.29 is 9.53 Å². The highest BCUT2D eigenvalue weighted by molar-refractivity contribution is 8.16. The molecular formula is C24H26ClN3O2S. The maximum atomic E-state index is 12.6. The van der Waals surface area contributed by atoms with Gasteiger partial charge in [-0.05, 0) is 62.1 Å². The van der Waals surface area contributed by atoms with Crippen molar-refractivity contribution in [2.24, 2.45) is 9.98 Å². The van der Waals surface area contributed by atoms with E-state index in [2.05, 4.69) is 5.32 Å². The molecule has 31 heavy (non-hydrogen) atoms. The maximum Gasteiger partial charge on any atom is 0.234 e. The van der Waals surface area contributed by atoms with Gasteiger partial charge in [0.15, 0.2) is 5.66 Å². The van der Waals surface area contributed by atoms with Crippen molar-refractivity contribution in [3.05, 3.63) is 59.1 Å². The van der Waals surface area contributed by atoms with Crippen LogP contribution in [0.25, 0.3) is 0 Å². The normalized spacial score (nSPS) is 17.6. The van der Waals surface area contributed by atoms with Gasteiger partial charge in [0.2, 0.25) is 5.91 Å². The summed E-state index contributed by atoms with van der Waals surface area (Å²) < 4.78 is 5.16. The number of benzene rings is 2. The van der Waals surface area contributed by atoms with Gasteiger partial charge in [-0.2, -0.15) is 0 Å². The van der Waals surface area contributed by atoms with Crippen LogP contribution in [0.1, 0.15) is 44.1 Å². The van der Waals surface area contributed by atoms with E-state index in [0.29, 0.717) is 5.02 Å². The van der Waals surface area contributed by atoms with Crippen LogP contribution >= 0.6 is 23.4 Å². The third kappa shape index (κ3) is 5.49. The first-order valence-electron chi connectivity index (χ1n) is 10.6. The van der Waals surface area contributed by atoms with Crippen LogP contribution in [0.4, 0.5) is 5.69 Å². The Labute approximate surface area is 192 Å². The second-order valence-electron chi connectivity index (χ2n) is 7.85. The molecule has 162 valence electrons. The van der Waals surface area contributed by atoms with Crippen LogP contribution < -0.4 is 10.1 Å². The third-order valence-electron chi connectivity index (χ3n) is 5.57. The highest BCUT2D eigenvalue weighted by Crippen LogP contribution is 2.38. The maximum absolute atomic E-state index is 12.6. The highest BCUT2D eigenvalue weighted by atomic mass is 35.5. The quantitative estimate of drug-likeness (QED) is 0.603. The van der Waals surface area contributed by atoms with Gasteiger partial charge < -0.3 is 10.1 Å².